The molecule has 9 aromatic heterocycles. The van der Waals surface area contributed by atoms with Gasteiger partial charge in [0.1, 0.15) is 5.82 Å². The number of hydrogen-bond acceptors (Lipinski definition) is 19. The van der Waals surface area contributed by atoms with E-state index >= 15 is 0 Å². The van der Waals surface area contributed by atoms with Crippen LogP contribution in [0.3, 0.4) is 0 Å². The van der Waals surface area contributed by atoms with Crippen molar-refractivity contribution in [2.75, 3.05) is 64.2 Å². The third kappa shape index (κ3) is 18.6. The Morgan fingerprint density at radius 2 is 1.13 bits per heavy atom. The maximum Gasteiger partial charge on any atom is 0.389 e. The van der Waals surface area contributed by atoms with Gasteiger partial charge in [-0.05, 0) is 134 Å². The van der Waals surface area contributed by atoms with Crippen molar-refractivity contribution in [1.29, 1.82) is 0 Å². The van der Waals surface area contributed by atoms with Crippen LogP contribution in [-0.4, -0.2) is 190 Å². The number of hydrogen-bond donors (Lipinski definition) is 6. The van der Waals surface area contributed by atoms with E-state index in [-0.39, 0.29) is 61.1 Å². The van der Waals surface area contributed by atoms with Crippen LogP contribution in [0.2, 0.25) is 0 Å². The summed E-state index contributed by atoms with van der Waals surface area (Å²) in [4.78, 5) is 31.3. The summed E-state index contributed by atoms with van der Waals surface area (Å²) in [5.74, 6) is -0.621. The van der Waals surface area contributed by atoms with Crippen LogP contribution in [0.5, 0.6) is 0 Å². The number of ketones is 1. The maximum absolute atomic E-state index is 13.3. The highest BCUT2D eigenvalue weighted by molar-refractivity contribution is 5.95. The van der Waals surface area contributed by atoms with E-state index in [2.05, 4.69) is 76.1 Å². The van der Waals surface area contributed by atoms with E-state index in [0.29, 0.717) is 85.7 Å². The van der Waals surface area contributed by atoms with Gasteiger partial charge >= 0.3 is 6.18 Å². The zero-order valence-corrected chi connectivity index (χ0v) is 59.8. The lowest BCUT2D eigenvalue weighted by molar-refractivity contribution is -0.143. The number of methoxy groups -OCH3 is 2. The minimum Gasteiger partial charge on any atom is -0.393 e. The van der Waals surface area contributed by atoms with Crippen LogP contribution in [0.15, 0.2) is 92.3 Å². The molecule has 6 N–H and O–H groups in total. The SMILES string of the molecule is C=C1CC(Cn2cc(-c3cc(C4CCC(O)CC4)n4nc(N[C@@H](C)COC)ncc34)cn2)CN1.CC(=O)c1cncc(-c2cc(C3CCC(O)CC3)n3nc(C[C@@H](C)CC(F)(F)F)ncc23)c1.COC[C@H](C)Nc1ncc2c(-c3cnn(C4CN(CC(C)(F)F)C4)c3)cc(C3CCC(O)CC3)n2n1. The number of aliphatic hydroxyl groups is 3. The highest BCUT2D eigenvalue weighted by Crippen LogP contribution is 2.42. The first-order valence-electron chi connectivity index (χ1n) is 36.1. The monoisotopic (exact) mass is 1430 g/mol. The van der Waals surface area contributed by atoms with Crippen molar-refractivity contribution < 1.29 is 51.5 Å². The van der Waals surface area contributed by atoms with Crippen LogP contribution in [0.4, 0.5) is 33.8 Å². The van der Waals surface area contributed by atoms with E-state index in [1.54, 1.807) is 49.0 Å². The van der Waals surface area contributed by atoms with Crippen LogP contribution in [-0.2, 0) is 22.4 Å². The Hall–Kier alpha value is -8.35. The van der Waals surface area contributed by atoms with Gasteiger partial charge in [-0.15, -0.1) is 10.2 Å². The summed E-state index contributed by atoms with van der Waals surface area (Å²) in [6.07, 6.45) is 21.6. The number of likely N-dealkylation sites (tertiary alicyclic amines) is 1. The molecule has 0 spiro atoms. The molecule has 24 nitrogen and oxygen atoms in total. The molecule has 103 heavy (non-hydrogen) atoms. The van der Waals surface area contributed by atoms with Gasteiger partial charge in [0.25, 0.3) is 5.92 Å². The molecule has 9 aromatic rings. The standard InChI is InChI=1S/C25H35F2N7O2.C25H35N7O2.C24H27F3N4O2/c1-16(14-36-3)30-24-28-10-23-21(8-22(34(23)31-24)17-4-6-20(35)7-5-17)18-9-29-33(11-18)19-12-32(13-19)15-25(2,26)27;1-16-8-18(10-26-16)13-31-14-20(11-28-31)22-9-23(19-4-6-21(33)7-5-19)32-24(22)12-27-25(30-32)29-17(2)15-34-3;1-14(10-24(25,26)27)7-23-29-13-22-20(18-8-17(15(2)32)11-28-12-18)9-21(31(22)30-23)16-3-5-19(33)6-4-16/h8-11,16-17,19-20,35H,4-7,12-15H2,1-3H3,(H,30,31);9,11-12,14,17-19,21,26,33H,1,4-8,10,13,15H2,2-3H3,(H,29,30);8-9,11-14,16,19,33H,3-7,10H2,1-2H3/t16-,17?,20?;17-,18?,19?,21?;14-,16?,19?/m001/s1. The number of pyridine rings is 1. The van der Waals surface area contributed by atoms with Gasteiger partial charge < -0.3 is 40.7 Å². The molecule has 29 heteroatoms. The molecule has 3 aliphatic carbocycles. The predicted octanol–water partition coefficient (Wildman–Crippen LogP) is 11.9. The number of carbonyl (C=O) groups excluding carboxylic acids is 1. The first kappa shape index (κ1) is 74.4. The Morgan fingerprint density at radius 1 is 0.641 bits per heavy atom. The van der Waals surface area contributed by atoms with Crippen molar-refractivity contribution in [3.63, 3.8) is 0 Å². The number of fused-ring (bicyclic) bond motifs is 3. The summed E-state index contributed by atoms with van der Waals surface area (Å²) < 4.78 is 85.1. The van der Waals surface area contributed by atoms with Gasteiger partial charge in [-0.1, -0.05) is 13.5 Å². The molecule has 554 valence electrons. The number of carbonyl (C=O) groups is 1. The summed E-state index contributed by atoms with van der Waals surface area (Å²) in [6.45, 7) is 15.9. The smallest absolute Gasteiger partial charge is 0.389 e. The largest absolute Gasteiger partial charge is 0.393 e. The molecule has 5 aliphatic rings. The summed E-state index contributed by atoms with van der Waals surface area (Å²) in [7, 11) is 3.35. The first-order valence-corrected chi connectivity index (χ1v) is 36.1. The van der Waals surface area contributed by atoms with Crippen molar-refractivity contribution >= 4 is 34.2 Å². The second kappa shape index (κ2) is 32.3. The number of alkyl halides is 5. The molecular formula is C74H97F5N18O6. The topological polar surface area (TPSA) is 275 Å². The molecule has 2 saturated heterocycles. The molecule has 14 rings (SSSR count). The van der Waals surface area contributed by atoms with E-state index < -0.39 is 24.4 Å². The van der Waals surface area contributed by atoms with Crippen molar-refractivity contribution in [2.24, 2.45) is 11.8 Å². The van der Waals surface area contributed by atoms with Crippen LogP contribution < -0.4 is 16.0 Å². The summed E-state index contributed by atoms with van der Waals surface area (Å²) >= 11 is 0. The Morgan fingerprint density at radius 3 is 1.60 bits per heavy atom. The zero-order chi connectivity index (χ0) is 72.9. The summed E-state index contributed by atoms with van der Waals surface area (Å²) in [6, 6.07) is 8.45. The van der Waals surface area contributed by atoms with Crippen LogP contribution in [0, 0.1) is 11.8 Å². The van der Waals surface area contributed by atoms with E-state index in [1.165, 1.54) is 18.8 Å². The number of nitrogens with one attached hydrogen (secondary N) is 3. The normalized spacial score (nSPS) is 22.2. The van der Waals surface area contributed by atoms with E-state index in [0.717, 1.165) is 152 Å². The minimum atomic E-state index is -4.23. The molecule has 5 fully saturated rings. The lowest BCUT2D eigenvalue weighted by atomic mass is 9.85. The second-order valence-electron chi connectivity index (χ2n) is 29.5. The summed E-state index contributed by atoms with van der Waals surface area (Å²) in [5.41, 5.74) is 13.1. The van der Waals surface area contributed by atoms with Crippen LogP contribution >= 0.6 is 0 Å². The molecule has 0 bridgehead atoms. The minimum absolute atomic E-state index is 0.0590. The average molecular weight is 1430 g/mol. The molecule has 0 radical (unpaired) electrons. The maximum atomic E-state index is 13.3. The van der Waals surface area contributed by atoms with Crippen molar-refractivity contribution in [3.8, 4) is 33.4 Å². The molecule has 2 aliphatic heterocycles. The number of ether oxygens (including phenoxy) is 2. The molecule has 0 amide bonds. The molecule has 3 saturated carbocycles. The highest BCUT2D eigenvalue weighted by atomic mass is 19.4. The quantitative estimate of drug-likeness (QED) is 0.0256. The third-order valence-corrected chi connectivity index (χ3v) is 20.5. The Kier molecular flexibility index (Phi) is 23.4. The Bertz CT molecular complexity index is 4340. The fourth-order valence-electron chi connectivity index (χ4n) is 15.3. The molecule has 11 heterocycles. The van der Waals surface area contributed by atoms with Crippen molar-refractivity contribution in [3.05, 3.63) is 121 Å². The van der Waals surface area contributed by atoms with Crippen molar-refractivity contribution in [1.82, 2.24) is 78.6 Å². The number of anilines is 2. The van der Waals surface area contributed by atoms with Crippen LogP contribution in [0.1, 0.15) is 182 Å². The number of aromatic nitrogens is 14. The number of rotatable bonds is 23. The fraction of sp³-hybridized carbons (Fsp3) is 0.568. The second-order valence-corrected chi connectivity index (χ2v) is 29.5. The molecule has 0 aromatic carbocycles. The first-order chi connectivity index (χ1) is 49.3. The molecular weight excluding hydrogens is 1330 g/mol. The van der Waals surface area contributed by atoms with Gasteiger partial charge in [0.2, 0.25) is 11.9 Å². The van der Waals surface area contributed by atoms with Gasteiger partial charge in [0.05, 0.1) is 91.6 Å². The fourth-order valence-corrected chi connectivity index (χ4v) is 15.3. The van der Waals surface area contributed by atoms with Gasteiger partial charge in [0, 0.05) is 182 Å². The Balaban J connectivity index is 0.000000146. The zero-order valence-electron chi connectivity index (χ0n) is 59.8. The molecule has 1 unspecified atom stereocenters. The number of Topliss-reactive ketones (excluding diaryl/α,β-unsaturated/α-hetero) is 1. The molecule has 4 atom stereocenters. The third-order valence-electron chi connectivity index (χ3n) is 20.5. The number of allylic oxidation sites excluding steroid dienone is 1. The van der Waals surface area contributed by atoms with E-state index in [1.807, 2.05) is 69.3 Å². The predicted molar refractivity (Wildman–Crippen MR) is 381 cm³/mol. The van der Waals surface area contributed by atoms with E-state index in [4.69, 9.17) is 19.7 Å². The Labute approximate surface area is 595 Å². The van der Waals surface area contributed by atoms with E-state index in [9.17, 15) is 42.1 Å². The number of nitrogens with zero attached hydrogens (tertiary/aromatic N) is 15. The van der Waals surface area contributed by atoms with Crippen LogP contribution in [0.25, 0.3) is 49.9 Å². The summed E-state index contributed by atoms with van der Waals surface area (Å²) in [5, 5.41) is 63.5. The van der Waals surface area contributed by atoms with Crippen molar-refractivity contribution in [2.45, 2.75) is 204 Å². The number of halogens is 5. The van der Waals surface area contributed by atoms with Gasteiger partial charge in [-0.3, -0.25) is 24.0 Å². The van der Waals surface area contributed by atoms with Gasteiger partial charge in [-0.2, -0.15) is 28.5 Å². The van der Waals surface area contributed by atoms with Gasteiger partial charge in [-0.25, -0.2) is 37.3 Å². The van der Waals surface area contributed by atoms with Gasteiger partial charge in [0.15, 0.2) is 5.78 Å². The number of aliphatic hydroxyl groups excluding tert-OH is 3. The lowest BCUT2D eigenvalue weighted by Gasteiger charge is -2.40. The highest BCUT2D eigenvalue weighted by Gasteiger charge is 2.37. The average Bonchev–Trinajstić information content (AvgIpc) is 1.62. The lowest BCUT2D eigenvalue weighted by Crippen LogP contribution is -2.51.